The first-order valence-corrected chi connectivity index (χ1v) is 4.71. The number of fused-ring (bicyclic) bond motifs is 1. The predicted molar refractivity (Wildman–Crippen MR) is 53.1 cm³/mol. The molecule has 2 rings (SSSR count). The fraction of sp³-hybridized carbons (Fsp3) is 0.273. The van der Waals surface area contributed by atoms with Crippen molar-refractivity contribution in [3.8, 4) is 17.6 Å². The second-order valence-electron chi connectivity index (χ2n) is 3.24. The van der Waals surface area contributed by atoms with Crippen molar-refractivity contribution in [1.82, 2.24) is 0 Å². The number of ether oxygens (including phenoxy) is 3. The first-order valence-electron chi connectivity index (χ1n) is 4.71. The van der Waals surface area contributed by atoms with Gasteiger partial charge in [0.15, 0.2) is 17.6 Å². The van der Waals surface area contributed by atoms with Crippen LogP contribution in [0.4, 0.5) is 0 Å². The lowest BCUT2D eigenvalue weighted by Gasteiger charge is -2.06. The summed E-state index contributed by atoms with van der Waals surface area (Å²) in [5, 5.41) is 8.51. The molecule has 1 unspecified atom stereocenters. The van der Waals surface area contributed by atoms with E-state index in [9.17, 15) is 4.79 Å². The Labute approximate surface area is 92.1 Å². The number of hydrogen-bond donors (Lipinski definition) is 0. The number of nitrogens with zero attached hydrogens (tertiary/aromatic N) is 1. The van der Waals surface area contributed by atoms with Crippen molar-refractivity contribution in [1.29, 1.82) is 5.26 Å². The van der Waals surface area contributed by atoms with Crippen LogP contribution in [0.5, 0.6) is 11.5 Å². The SMILES string of the molecule is CC(C#N)OC(=O)c1ccc2c(c1)OCO2. The van der Waals surface area contributed by atoms with Gasteiger partial charge in [-0.1, -0.05) is 0 Å². The Balaban J connectivity index is 2.16. The van der Waals surface area contributed by atoms with E-state index in [0.717, 1.165) is 0 Å². The molecule has 0 saturated carbocycles. The van der Waals surface area contributed by atoms with Gasteiger partial charge >= 0.3 is 5.97 Å². The molecule has 16 heavy (non-hydrogen) atoms. The van der Waals surface area contributed by atoms with Crippen molar-refractivity contribution in [2.24, 2.45) is 0 Å². The standard InChI is InChI=1S/C11H9NO4/c1-7(5-12)16-11(13)8-2-3-9-10(4-8)15-6-14-9/h2-4,7H,6H2,1H3. The zero-order chi connectivity index (χ0) is 11.5. The Kier molecular flexibility index (Phi) is 2.64. The molecule has 5 nitrogen and oxygen atoms in total. The smallest absolute Gasteiger partial charge is 0.339 e. The molecule has 0 fully saturated rings. The van der Waals surface area contributed by atoms with Gasteiger partial charge in [-0.25, -0.2) is 4.79 Å². The summed E-state index contributed by atoms with van der Waals surface area (Å²) in [6.45, 7) is 1.66. The molecule has 1 aromatic carbocycles. The molecule has 0 amide bonds. The minimum atomic E-state index is -0.766. The van der Waals surface area contributed by atoms with Crippen LogP contribution in [0.25, 0.3) is 0 Å². The number of carbonyl (C=O) groups excluding carboxylic acids is 1. The van der Waals surface area contributed by atoms with Crippen LogP contribution in [0, 0.1) is 11.3 Å². The van der Waals surface area contributed by atoms with Gasteiger partial charge in [-0.3, -0.25) is 0 Å². The van der Waals surface area contributed by atoms with E-state index in [2.05, 4.69) is 0 Å². The number of benzene rings is 1. The molecule has 5 heteroatoms. The molecule has 82 valence electrons. The average Bonchev–Trinajstić information content (AvgIpc) is 2.75. The molecule has 0 bridgehead atoms. The van der Waals surface area contributed by atoms with Crippen LogP contribution in [0.1, 0.15) is 17.3 Å². The molecule has 0 radical (unpaired) electrons. The number of carbonyl (C=O) groups is 1. The predicted octanol–water partition coefficient (Wildman–Crippen LogP) is 1.48. The van der Waals surface area contributed by atoms with Crippen molar-refractivity contribution >= 4 is 5.97 Å². The summed E-state index contributed by atoms with van der Waals surface area (Å²) >= 11 is 0. The van der Waals surface area contributed by atoms with Crippen LogP contribution in [0.15, 0.2) is 18.2 Å². The molecule has 1 aliphatic rings. The molecule has 0 aromatic heterocycles. The van der Waals surface area contributed by atoms with Crippen molar-refractivity contribution in [3.63, 3.8) is 0 Å². The molecule has 0 aliphatic carbocycles. The average molecular weight is 219 g/mol. The highest BCUT2D eigenvalue weighted by Gasteiger charge is 2.18. The third-order valence-corrected chi connectivity index (χ3v) is 2.07. The van der Waals surface area contributed by atoms with E-state index in [1.807, 2.05) is 6.07 Å². The summed E-state index contributed by atoms with van der Waals surface area (Å²) in [7, 11) is 0. The van der Waals surface area contributed by atoms with E-state index in [1.165, 1.54) is 13.0 Å². The van der Waals surface area contributed by atoms with E-state index < -0.39 is 12.1 Å². The Morgan fingerprint density at radius 1 is 1.50 bits per heavy atom. The number of nitriles is 1. The van der Waals surface area contributed by atoms with Crippen LogP contribution in [0.2, 0.25) is 0 Å². The van der Waals surface area contributed by atoms with Crippen LogP contribution in [-0.4, -0.2) is 18.9 Å². The number of hydrogen-bond acceptors (Lipinski definition) is 5. The second kappa shape index (κ2) is 4.11. The Morgan fingerprint density at radius 2 is 2.25 bits per heavy atom. The lowest BCUT2D eigenvalue weighted by Crippen LogP contribution is -2.12. The molecular weight excluding hydrogens is 210 g/mol. The Bertz CT molecular complexity index is 464. The van der Waals surface area contributed by atoms with E-state index in [1.54, 1.807) is 12.1 Å². The van der Waals surface area contributed by atoms with Gasteiger partial charge in [0.1, 0.15) is 6.07 Å². The van der Waals surface area contributed by atoms with Crippen LogP contribution >= 0.6 is 0 Å². The summed E-state index contributed by atoms with van der Waals surface area (Å²) in [6, 6.07) is 6.56. The summed E-state index contributed by atoms with van der Waals surface area (Å²) < 4.78 is 15.1. The number of esters is 1. The maximum Gasteiger partial charge on any atom is 0.339 e. The highest BCUT2D eigenvalue weighted by Crippen LogP contribution is 2.32. The fourth-order valence-electron chi connectivity index (χ4n) is 1.28. The van der Waals surface area contributed by atoms with Gasteiger partial charge in [0, 0.05) is 0 Å². The van der Waals surface area contributed by atoms with Crippen LogP contribution < -0.4 is 9.47 Å². The second-order valence-corrected chi connectivity index (χ2v) is 3.24. The summed E-state index contributed by atoms with van der Waals surface area (Å²) in [4.78, 5) is 11.5. The van der Waals surface area contributed by atoms with Gasteiger partial charge < -0.3 is 14.2 Å². The quantitative estimate of drug-likeness (QED) is 0.705. The lowest BCUT2D eigenvalue weighted by molar-refractivity contribution is 0.0435. The monoisotopic (exact) mass is 219 g/mol. The molecular formula is C11H9NO4. The van der Waals surface area contributed by atoms with Crippen molar-refractivity contribution in [2.75, 3.05) is 6.79 Å². The fourth-order valence-corrected chi connectivity index (χ4v) is 1.28. The molecule has 0 saturated heterocycles. The van der Waals surface area contributed by atoms with Crippen molar-refractivity contribution in [3.05, 3.63) is 23.8 Å². The van der Waals surface area contributed by atoms with Crippen LogP contribution in [-0.2, 0) is 4.74 Å². The van der Waals surface area contributed by atoms with Gasteiger partial charge in [0.05, 0.1) is 5.56 Å². The summed E-state index contributed by atoms with van der Waals surface area (Å²) in [5.74, 6) is 0.566. The molecule has 0 spiro atoms. The van der Waals surface area contributed by atoms with Gasteiger partial charge in [0.25, 0.3) is 0 Å². The minimum absolute atomic E-state index is 0.155. The third kappa shape index (κ3) is 1.91. The van der Waals surface area contributed by atoms with Crippen molar-refractivity contribution < 1.29 is 19.0 Å². The number of rotatable bonds is 2. The maximum absolute atomic E-state index is 11.5. The highest BCUT2D eigenvalue weighted by molar-refractivity contribution is 5.90. The topological polar surface area (TPSA) is 68.5 Å². The maximum atomic E-state index is 11.5. The zero-order valence-electron chi connectivity index (χ0n) is 8.60. The zero-order valence-corrected chi connectivity index (χ0v) is 8.60. The molecule has 1 atom stereocenters. The van der Waals surface area contributed by atoms with Gasteiger partial charge in [-0.15, -0.1) is 0 Å². The minimum Gasteiger partial charge on any atom is -0.454 e. The molecule has 0 N–H and O–H groups in total. The van der Waals surface area contributed by atoms with Crippen molar-refractivity contribution in [2.45, 2.75) is 13.0 Å². The first kappa shape index (κ1) is 10.3. The van der Waals surface area contributed by atoms with Crippen LogP contribution in [0.3, 0.4) is 0 Å². The normalized spacial score (nSPS) is 14.0. The van der Waals surface area contributed by atoms with Gasteiger partial charge in [-0.05, 0) is 25.1 Å². The Morgan fingerprint density at radius 3 is 3.00 bits per heavy atom. The van der Waals surface area contributed by atoms with Gasteiger partial charge in [0.2, 0.25) is 6.79 Å². The molecule has 1 aliphatic heterocycles. The third-order valence-electron chi connectivity index (χ3n) is 2.07. The largest absolute Gasteiger partial charge is 0.454 e. The van der Waals surface area contributed by atoms with E-state index in [0.29, 0.717) is 17.1 Å². The first-order chi connectivity index (χ1) is 7.70. The highest BCUT2D eigenvalue weighted by atomic mass is 16.7. The van der Waals surface area contributed by atoms with E-state index in [-0.39, 0.29) is 6.79 Å². The van der Waals surface area contributed by atoms with E-state index >= 15 is 0 Å². The molecule has 1 aromatic rings. The lowest BCUT2D eigenvalue weighted by atomic mass is 10.2. The van der Waals surface area contributed by atoms with Gasteiger partial charge in [-0.2, -0.15) is 5.26 Å². The molecule has 1 heterocycles. The summed E-state index contributed by atoms with van der Waals surface area (Å²) in [6.07, 6.45) is -0.766. The Hall–Kier alpha value is -2.22. The summed E-state index contributed by atoms with van der Waals surface area (Å²) in [5.41, 5.74) is 0.339. The van der Waals surface area contributed by atoms with E-state index in [4.69, 9.17) is 19.5 Å².